The lowest BCUT2D eigenvalue weighted by molar-refractivity contribution is -0.140. The number of piperazine rings is 3. The Bertz CT molecular complexity index is 4470. The van der Waals surface area contributed by atoms with Crippen molar-refractivity contribution in [1.82, 2.24) is 109 Å². The summed E-state index contributed by atoms with van der Waals surface area (Å²) in [5.41, 5.74) is 18.9. The average molecular weight is 1510 g/mol. The van der Waals surface area contributed by atoms with E-state index in [9.17, 15) is 44.3 Å². The molecular weight excluding hydrogens is 1440 g/mol. The number of alkyl halides is 9. The van der Waals surface area contributed by atoms with Crippen LogP contribution in [0.25, 0.3) is 67.7 Å². The normalized spacial score (nSPS) is 19.2. The highest BCUT2D eigenvalue weighted by atomic mass is 35.5. The zero-order valence-corrected chi connectivity index (χ0v) is 58.8. The number of nitrogens with two attached hydrogens (primary N) is 3. The Balaban J connectivity index is 0.000000143. The van der Waals surface area contributed by atoms with Crippen LogP contribution in [0.5, 0.6) is 0 Å². The van der Waals surface area contributed by atoms with Crippen molar-refractivity contribution in [3.8, 4) is 34.2 Å². The molecule has 0 saturated carbocycles. The van der Waals surface area contributed by atoms with Crippen LogP contribution in [0.2, 0.25) is 5.28 Å². The second-order valence-electron chi connectivity index (χ2n) is 25.6. The number of ether oxygens (including phenoxy) is 3. The quantitative estimate of drug-likeness (QED) is 0.0790. The number of aromatic nitrogens is 18. The summed E-state index contributed by atoms with van der Waals surface area (Å²) in [6.45, 7) is 15.7. The van der Waals surface area contributed by atoms with Crippen molar-refractivity contribution >= 4 is 98.2 Å². The van der Waals surface area contributed by atoms with Crippen LogP contribution < -0.4 is 57.7 Å². The number of carbonyl (C=O) groups is 1. The summed E-state index contributed by atoms with van der Waals surface area (Å²) in [5.74, 6) is 2.26. The van der Waals surface area contributed by atoms with Gasteiger partial charge in [0.2, 0.25) is 40.9 Å². The SMILES string of the molecule is CC(=O)N1CCN(c2nc3c(N4CCOCC4)nc(-c4cnc(N)nc4)nc3n2CC(F)(F)F)C[C@@H]1C.C[C@H]1CN(c2nc3c(N4CCOCC4)nc(-c4cnc(N)nc4)nc3n2CC(F)(F)F)CCN1.C[C@H]1CNCCN1.Nc1ncc(-c2nc(N3CCOCC3)c3nc(Cl)n(CC(F)(F)F)c3n2)cn1. The van der Waals surface area contributed by atoms with Crippen LogP contribution in [-0.4, -0.2) is 274 Å². The minimum Gasteiger partial charge on any atom is -0.378 e. The molecule has 570 valence electrons. The number of rotatable bonds is 11. The van der Waals surface area contributed by atoms with Crippen LogP contribution >= 0.6 is 11.6 Å². The maximum absolute atomic E-state index is 13.8. The largest absolute Gasteiger partial charge is 0.406 e. The van der Waals surface area contributed by atoms with Crippen molar-refractivity contribution in [2.75, 3.05) is 180 Å². The Morgan fingerprint density at radius 1 is 0.462 bits per heavy atom. The molecule has 6 saturated heterocycles. The molecule has 15 rings (SSSR count). The number of imidazole rings is 3. The predicted molar refractivity (Wildman–Crippen MR) is 374 cm³/mol. The fraction of sp³-hybridized carbons (Fsp3) is 0.548. The van der Waals surface area contributed by atoms with Crippen LogP contribution in [0.15, 0.2) is 37.2 Å². The minimum absolute atomic E-state index is 0.0226. The predicted octanol–water partition coefficient (Wildman–Crippen LogP) is 3.87. The third kappa shape index (κ3) is 18.5. The zero-order chi connectivity index (χ0) is 75.2. The lowest BCUT2D eigenvalue weighted by Gasteiger charge is -2.40. The summed E-state index contributed by atoms with van der Waals surface area (Å²) in [4.78, 5) is 87.3. The number of amides is 1. The molecule has 6 aliphatic heterocycles. The van der Waals surface area contributed by atoms with E-state index in [-0.39, 0.29) is 98.5 Å². The van der Waals surface area contributed by atoms with Crippen LogP contribution in [0.1, 0.15) is 27.7 Å². The summed E-state index contributed by atoms with van der Waals surface area (Å²) < 4.78 is 141. The fourth-order valence-corrected chi connectivity index (χ4v) is 12.8. The lowest BCUT2D eigenvalue weighted by Crippen LogP contribution is -2.54. The van der Waals surface area contributed by atoms with Crippen molar-refractivity contribution in [1.29, 1.82) is 0 Å². The van der Waals surface area contributed by atoms with E-state index in [1.165, 1.54) is 44.1 Å². The van der Waals surface area contributed by atoms with Gasteiger partial charge < -0.3 is 76.8 Å². The first-order valence-corrected chi connectivity index (χ1v) is 34.3. The summed E-state index contributed by atoms with van der Waals surface area (Å²) in [7, 11) is 0. The van der Waals surface area contributed by atoms with E-state index in [4.69, 9.17) is 43.0 Å². The Morgan fingerprint density at radius 3 is 1.17 bits per heavy atom. The van der Waals surface area contributed by atoms with Crippen molar-refractivity contribution in [2.45, 2.75) is 84.0 Å². The number of hydrogen-bond acceptors (Lipinski definition) is 30. The number of fused-ring (bicyclic) bond motifs is 3. The molecule has 44 heteroatoms. The van der Waals surface area contributed by atoms with Gasteiger partial charge in [-0.15, -0.1) is 0 Å². The molecule has 3 atom stereocenters. The van der Waals surface area contributed by atoms with Gasteiger partial charge in [-0.1, -0.05) is 0 Å². The van der Waals surface area contributed by atoms with Gasteiger partial charge >= 0.3 is 18.5 Å². The molecule has 6 aliphatic rings. The van der Waals surface area contributed by atoms with Gasteiger partial charge in [-0.2, -0.15) is 39.5 Å². The summed E-state index contributed by atoms with van der Waals surface area (Å²) in [6.07, 6.45) is -4.91. The number of nitrogens with zero attached hydrogens (tertiary/aromatic N) is 24. The van der Waals surface area contributed by atoms with E-state index in [2.05, 4.69) is 97.6 Å². The smallest absolute Gasteiger partial charge is 0.378 e. The van der Waals surface area contributed by atoms with Crippen LogP contribution in [-0.2, 0) is 38.6 Å². The number of hydrogen-bond donors (Lipinski definition) is 6. The van der Waals surface area contributed by atoms with Crippen LogP contribution in [0.4, 0.5) is 86.7 Å². The minimum atomic E-state index is -4.52. The molecule has 34 nitrogen and oxygen atoms in total. The van der Waals surface area contributed by atoms with E-state index >= 15 is 0 Å². The molecular formula is C62H78ClF9N30O4. The van der Waals surface area contributed by atoms with Crippen LogP contribution in [0, 0.1) is 0 Å². The summed E-state index contributed by atoms with van der Waals surface area (Å²) >= 11 is 6.00. The van der Waals surface area contributed by atoms with Gasteiger partial charge in [0.25, 0.3) is 0 Å². The number of carbonyl (C=O) groups excluding carboxylic acids is 1. The Kier molecular flexibility index (Phi) is 23.3. The number of anilines is 8. The van der Waals surface area contributed by atoms with Gasteiger partial charge in [-0.3, -0.25) is 18.5 Å². The first-order valence-electron chi connectivity index (χ1n) is 34.0. The maximum Gasteiger partial charge on any atom is 0.406 e. The van der Waals surface area contributed by atoms with E-state index in [1.807, 2.05) is 33.4 Å². The third-order valence-electron chi connectivity index (χ3n) is 17.6. The van der Waals surface area contributed by atoms with Crippen molar-refractivity contribution in [3.63, 3.8) is 0 Å². The van der Waals surface area contributed by atoms with Crippen molar-refractivity contribution in [2.24, 2.45) is 0 Å². The molecule has 15 heterocycles. The summed E-state index contributed by atoms with van der Waals surface area (Å²) in [6, 6.07) is 0.589. The fourth-order valence-electron chi connectivity index (χ4n) is 12.6. The lowest BCUT2D eigenvalue weighted by atomic mass is 10.2. The van der Waals surface area contributed by atoms with Crippen molar-refractivity contribution in [3.05, 3.63) is 42.5 Å². The van der Waals surface area contributed by atoms with Gasteiger partial charge in [0.1, 0.15) is 19.6 Å². The highest BCUT2D eigenvalue weighted by Gasteiger charge is 2.39. The molecule has 0 aliphatic carbocycles. The molecule has 9 aromatic heterocycles. The molecule has 6 fully saturated rings. The monoisotopic (exact) mass is 1510 g/mol. The third-order valence-corrected chi connectivity index (χ3v) is 17.9. The molecule has 0 radical (unpaired) electrons. The average Bonchev–Trinajstić information content (AvgIpc) is 1.59. The zero-order valence-electron chi connectivity index (χ0n) is 58.0. The molecule has 0 unspecified atom stereocenters. The van der Waals surface area contributed by atoms with Gasteiger partial charge in [-0.25, -0.2) is 74.8 Å². The Morgan fingerprint density at radius 2 is 0.830 bits per heavy atom. The second kappa shape index (κ2) is 32.5. The highest BCUT2D eigenvalue weighted by Crippen LogP contribution is 2.38. The molecule has 0 bridgehead atoms. The number of morpholine rings is 3. The Labute approximate surface area is 604 Å². The van der Waals surface area contributed by atoms with E-state index in [0.717, 1.165) is 33.3 Å². The Hall–Kier alpha value is -9.82. The number of halogens is 10. The second-order valence-corrected chi connectivity index (χ2v) is 25.9. The molecule has 1 amide bonds. The summed E-state index contributed by atoms with van der Waals surface area (Å²) in [5, 5.41) is 9.58. The van der Waals surface area contributed by atoms with Gasteiger partial charge in [0.15, 0.2) is 68.4 Å². The van der Waals surface area contributed by atoms with Gasteiger partial charge in [-0.05, 0) is 32.4 Å². The maximum atomic E-state index is 13.8. The van der Waals surface area contributed by atoms with Gasteiger partial charge in [0, 0.05) is 160 Å². The van der Waals surface area contributed by atoms with E-state index in [1.54, 1.807) is 9.80 Å². The van der Waals surface area contributed by atoms with Gasteiger partial charge in [0.05, 0.1) is 56.3 Å². The molecule has 9 aromatic rings. The first kappa shape index (κ1) is 75.8. The topological polar surface area (TPSA) is 386 Å². The highest BCUT2D eigenvalue weighted by molar-refractivity contribution is 6.29. The van der Waals surface area contributed by atoms with Crippen LogP contribution in [0.3, 0.4) is 0 Å². The number of nitrogens with one attached hydrogen (secondary N) is 3. The standard InChI is InChI=1S/C22H27F3N10O2.C20H25F3N10O.C15H14ClF3N8O.C5H12N2/c1-13-11-33(3-4-34(13)14(2)36)21-29-16-18(32-5-7-37-8-6-32)30-17(15-9-27-20(26)28-10-15)31-19(16)35(21)12-22(23,24)25;1-12-10-32(3-2-25-12)19-28-14-16(31-4-6-34-7-5-31)29-15(13-8-26-18(24)27-9-13)30-17(14)33(19)11-20(21,22)23;16-13-23-9-11(26-1-3-28-4-2-26)24-10(8-5-21-14(20)22-6-8)25-12(9)27(13)7-15(17,18)19;1-5-4-6-2-3-7-5/h9-10,13H,3-8,11-12H2,1-2H3,(H2,26,27,28);8-9,12,25H,2-7,10-11H2,1H3,(H2,24,26,27);5-6H,1-4,7H2,(H2,20,21,22);5-7H,2-4H2,1H3/t13-;12-;;5-/m00.0/s1. The molecule has 106 heavy (non-hydrogen) atoms. The molecule has 9 N–H and O–H groups in total. The van der Waals surface area contributed by atoms with E-state index < -0.39 is 38.2 Å². The van der Waals surface area contributed by atoms with Crippen molar-refractivity contribution < 1.29 is 58.5 Å². The number of nitrogen functional groups attached to an aromatic ring is 3. The first-order chi connectivity index (χ1) is 50.6. The van der Waals surface area contributed by atoms with E-state index in [0.29, 0.717) is 164 Å². The molecule has 0 aromatic carbocycles. The molecule has 0 spiro atoms.